The van der Waals surface area contributed by atoms with E-state index in [-0.39, 0.29) is 0 Å². The van der Waals surface area contributed by atoms with Crippen molar-refractivity contribution in [1.29, 1.82) is 0 Å². The van der Waals surface area contributed by atoms with Crippen molar-refractivity contribution >= 4 is 22.7 Å². The number of nitrogens with zero attached hydrogens (tertiary/aromatic N) is 1. The molecule has 0 aliphatic heterocycles. The van der Waals surface area contributed by atoms with Crippen LogP contribution in [0.15, 0.2) is 22.9 Å². The number of aryl methyl sites for hydroxylation is 1. The van der Waals surface area contributed by atoms with Crippen LogP contribution in [0.25, 0.3) is 0 Å². The van der Waals surface area contributed by atoms with Crippen LogP contribution in [0, 0.1) is 12.8 Å². The molecule has 4 heteroatoms. The first kappa shape index (κ1) is 11.4. The van der Waals surface area contributed by atoms with E-state index in [2.05, 4.69) is 40.1 Å². The molecule has 0 spiro atoms. The minimum absolute atomic E-state index is 0.539. The number of hydrogen-bond donors (Lipinski definition) is 1. The van der Waals surface area contributed by atoms with Crippen LogP contribution in [0.4, 0.5) is 0 Å². The van der Waals surface area contributed by atoms with Gasteiger partial charge in [0.1, 0.15) is 0 Å². The van der Waals surface area contributed by atoms with Crippen LogP contribution in [0.5, 0.6) is 0 Å². The third kappa shape index (κ3) is 2.76. The van der Waals surface area contributed by atoms with Gasteiger partial charge in [0.15, 0.2) is 0 Å². The largest absolute Gasteiger partial charge is 0.303 e. The van der Waals surface area contributed by atoms with Gasteiger partial charge in [0, 0.05) is 22.8 Å². The minimum Gasteiger partial charge on any atom is -0.303 e. The fourth-order valence-electron chi connectivity index (χ4n) is 2.10. The van der Waals surface area contributed by atoms with Crippen molar-refractivity contribution < 1.29 is 0 Å². The van der Waals surface area contributed by atoms with Gasteiger partial charge in [-0.1, -0.05) is 6.07 Å². The predicted octanol–water partition coefficient (Wildman–Crippen LogP) is 3.75. The molecule has 0 amide bonds. The summed E-state index contributed by atoms with van der Waals surface area (Å²) in [5.74, 6) is 0.841. The van der Waals surface area contributed by atoms with E-state index in [0.29, 0.717) is 6.04 Å². The first-order valence-corrected chi connectivity index (χ1v) is 7.76. The fraction of sp³-hybridized carbons (Fsp3) is 0.462. The van der Waals surface area contributed by atoms with Gasteiger partial charge in [-0.3, -0.25) is 0 Å². The summed E-state index contributed by atoms with van der Waals surface area (Å²) in [5, 5.41) is 9.14. The van der Waals surface area contributed by atoms with E-state index in [1.807, 2.05) is 11.3 Å². The average Bonchev–Trinajstić information content (AvgIpc) is 2.85. The van der Waals surface area contributed by atoms with Gasteiger partial charge in [-0.2, -0.15) is 0 Å². The molecule has 1 aliphatic carbocycles. The molecular weight excluding hydrogens is 248 g/mol. The number of rotatable bonds is 5. The summed E-state index contributed by atoms with van der Waals surface area (Å²) < 4.78 is 0. The lowest BCUT2D eigenvalue weighted by atomic mass is 10.1. The zero-order chi connectivity index (χ0) is 11.7. The lowest BCUT2D eigenvalue weighted by Crippen LogP contribution is -2.21. The molecule has 2 aromatic heterocycles. The van der Waals surface area contributed by atoms with Crippen LogP contribution in [-0.2, 0) is 6.54 Å². The first-order valence-electron chi connectivity index (χ1n) is 6.01. The lowest BCUT2D eigenvalue weighted by Gasteiger charge is -2.15. The molecule has 0 aromatic carbocycles. The Balaban J connectivity index is 1.65. The molecule has 3 rings (SSSR count). The minimum atomic E-state index is 0.539. The SMILES string of the molecule is Cc1nc(CNC(c2cccs2)C2CC2)cs1. The molecule has 17 heavy (non-hydrogen) atoms. The quantitative estimate of drug-likeness (QED) is 0.889. The highest BCUT2D eigenvalue weighted by atomic mass is 32.1. The second-order valence-electron chi connectivity index (χ2n) is 4.57. The number of hydrogen-bond acceptors (Lipinski definition) is 4. The van der Waals surface area contributed by atoms with E-state index in [1.165, 1.54) is 23.4 Å². The Morgan fingerprint density at radius 2 is 2.35 bits per heavy atom. The van der Waals surface area contributed by atoms with Crippen LogP contribution in [-0.4, -0.2) is 4.98 Å². The lowest BCUT2D eigenvalue weighted by molar-refractivity contribution is 0.484. The molecule has 0 radical (unpaired) electrons. The Labute approximate surface area is 110 Å². The van der Waals surface area contributed by atoms with Crippen molar-refractivity contribution in [3.8, 4) is 0 Å². The molecule has 0 saturated heterocycles. The molecule has 1 N–H and O–H groups in total. The van der Waals surface area contributed by atoms with Crippen molar-refractivity contribution in [2.24, 2.45) is 5.92 Å². The van der Waals surface area contributed by atoms with Crippen LogP contribution in [0.1, 0.15) is 34.5 Å². The van der Waals surface area contributed by atoms with E-state index in [1.54, 1.807) is 11.3 Å². The van der Waals surface area contributed by atoms with E-state index < -0.39 is 0 Å². The molecule has 1 unspecified atom stereocenters. The second kappa shape index (κ2) is 4.88. The van der Waals surface area contributed by atoms with Gasteiger partial charge in [0.25, 0.3) is 0 Å². The number of thiazole rings is 1. The summed E-state index contributed by atoms with van der Waals surface area (Å²) in [4.78, 5) is 5.97. The van der Waals surface area contributed by atoms with Crippen molar-refractivity contribution in [2.75, 3.05) is 0 Å². The smallest absolute Gasteiger partial charge is 0.0897 e. The normalized spacial score (nSPS) is 17.2. The standard InChI is InChI=1S/C13H16N2S2/c1-9-15-11(8-17-9)7-14-13(10-4-5-10)12-3-2-6-16-12/h2-3,6,8,10,13-14H,4-5,7H2,1H3. The zero-order valence-corrected chi connectivity index (χ0v) is 11.5. The number of aromatic nitrogens is 1. The molecule has 90 valence electrons. The van der Waals surface area contributed by atoms with Crippen LogP contribution in [0.3, 0.4) is 0 Å². The van der Waals surface area contributed by atoms with Crippen molar-refractivity contribution in [1.82, 2.24) is 10.3 Å². The topological polar surface area (TPSA) is 24.9 Å². The third-order valence-electron chi connectivity index (χ3n) is 3.11. The maximum absolute atomic E-state index is 4.50. The van der Waals surface area contributed by atoms with E-state index >= 15 is 0 Å². The Kier molecular flexibility index (Phi) is 3.27. The summed E-state index contributed by atoms with van der Waals surface area (Å²) in [5.41, 5.74) is 1.18. The summed E-state index contributed by atoms with van der Waals surface area (Å²) in [6.07, 6.45) is 2.73. The van der Waals surface area contributed by atoms with Crippen LogP contribution >= 0.6 is 22.7 Å². The highest BCUT2D eigenvalue weighted by molar-refractivity contribution is 7.10. The molecule has 2 heterocycles. The second-order valence-corrected chi connectivity index (χ2v) is 6.61. The molecule has 0 bridgehead atoms. The van der Waals surface area contributed by atoms with Gasteiger partial charge in [-0.05, 0) is 37.1 Å². The van der Waals surface area contributed by atoms with E-state index in [9.17, 15) is 0 Å². The third-order valence-corrected chi connectivity index (χ3v) is 4.89. The van der Waals surface area contributed by atoms with Gasteiger partial charge >= 0.3 is 0 Å². The number of thiophene rings is 1. The fourth-order valence-corrected chi connectivity index (χ4v) is 3.61. The Bertz CT molecular complexity index is 471. The Morgan fingerprint density at radius 3 is 2.94 bits per heavy atom. The van der Waals surface area contributed by atoms with E-state index in [4.69, 9.17) is 0 Å². The molecule has 2 aromatic rings. The summed E-state index contributed by atoms with van der Waals surface area (Å²) in [6, 6.07) is 4.92. The van der Waals surface area contributed by atoms with Gasteiger partial charge in [-0.25, -0.2) is 4.98 Å². The molecule has 2 nitrogen and oxygen atoms in total. The predicted molar refractivity (Wildman–Crippen MR) is 73.5 cm³/mol. The molecule has 1 atom stereocenters. The Hall–Kier alpha value is -0.710. The van der Waals surface area contributed by atoms with Gasteiger partial charge in [-0.15, -0.1) is 22.7 Å². The van der Waals surface area contributed by atoms with E-state index in [0.717, 1.165) is 17.5 Å². The van der Waals surface area contributed by atoms with Gasteiger partial charge < -0.3 is 5.32 Å². The summed E-state index contributed by atoms with van der Waals surface area (Å²) >= 11 is 3.59. The molecule has 1 fully saturated rings. The molecular formula is C13H16N2S2. The summed E-state index contributed by atoms with van der Waals surface area (Å²) in [7, 11) is 0. The van der Waals surface area contributed by atoms with Crippen molar-refractivity contribution in [2.45, 2.75) is 32.4 Å². The molecule has 1 aliphatic rings. The van der Waals surface area contributed by atoms with Crippen molar-refractivity contribution in [3.63, 3.8) is 0 Å². The Morgan fingerprint density at radius 1 is 1.47 bits per heavy atom. The maximum atomic E-state index is 4.50. The average molecular weight is 264 g/mol. The molecule has 1 saturated carbocycles. The van der Waals surface area contributed by atoms with Gasteiger partial charge in [0.05, 0.1) is 10.7 Å². The van der Waals surface area contributed by atoms with Crippen molar-refractivity contribution in [3.05, 3.63) is 38.5 Å². The highest BCUT2D eigenvalue weighted by Gasteiger charge is 2.32. The van der Waals surface area contributed by atoms with Crippen LogP contribution in [0.2, 0.25) is 0 Å². The maximum Gasteiger partial charge on any atom is 0.0897 e. The monoisotopic (exact) mass is 264 g/mol. The first-order chi connectivity index (χ1) is 8.33. The van der Waals surface area contributed by atoms with Crippen LogP contribution < -0.4 is 5.32 Å². The van der Waals surface area contributed by atoms with Gasteiger partial charge in [0.2, 0.25) is 0 Å². The highest BCUT2D eigenvalue weighted by Crippen LogP contribution is 2.42. The summed E-state index contributed by atoms with van der Waals surface area (Å²) in [6.45, 7) is 2.95. The zero-order valence-electron chi connectivity index (χ0n) is 9.85. The number of nitrogens with one attached hydrogen (secondary N) is 1.